The molecule has 1 aliphatic rings. The van der Waals surface area contributed by atoms with E-state index in [2.05, 4.69) is 20.1 Å². The van der Waals surface area contributed by atoms with Crippen LogP contribution in [-0.2, 0) is 18.4 Å². The van der Waals surface area contributed by atoms with Crippen molar-refractivity contribution in [1.82, 2.24) is 20.1 Å². The molecular weight excluding hydrogens is 342 g/mol. The van der Waals surface area contributed by atoms with Crippen molar-refractivity contribution in [2.75, 3.05) is 25.9 Å². The number of carbonyl (C=O) groups excluding carboxylic acids is 1. The van der Waals surface area contributed by atoms with Gasteiger partial charge in [0.25, 0.3) is 5.91 Å². The van der Waals surface area contributed by atoms with Gasteiger partial charge >= 0.3 is 0 Å². The average Bonchev–Trinajstić information content (AvgIpc) is 3.22. The molecule has 1 aliphatic heterocycles. The highest BCUT2D eigenvalue weighted by molar-refractivity contribution is 7.98. The smallest absolute Gasteiger partial charge is 0.275 e. The van der Waals surface area contributed by atoms with Crippen molar-refractivity contribution >= 4 is 29.0 Å². The van der Waals surface area contributed by atoms with Gasteiger partial charge in [0, 0.05) is 11.9 Å². The van der Waals surface area contributed by atoms with Crippen molar-refractivity contribution in [2.24, 2.45) is 7.05 Å². The fraction of sp³-hybridized carbons (Fsp3) is 0.562. The molecule has 8 heteroatoms. The first-order chi connectivity index (χ1) is 11.7. The number of aromatic nitrogens is 3. The van der Waals surface area contributed by atoms with Crippen LogP contribution in [0.2, 0.25) is 0 Å². The summed E-state index contributed by atoms with van der Waals surface area (Å²) in [4.78, 5) is 14.7. The molecule has 2 aromatic heterocycles. The summed E-state index contributed by atoms with van der Waals surface area (Å²) in [5.41, 5.74) is 0. The second kappa shape index (κ2) is 8.13. The first-order valence-electron chi connectivity index (χ1n) is 8.23. The molecule has 6 nitrogen and oxygen atoms in total. The lowest BCUT2D eigenvalue weighted by atomic mass is 9.97. The van der Waals surface area contributed by atoms with Gasteiger partial charge in [0.05, 0.1) is 25.6 Å². The van der Waals surface area contributed by atoms with E-state index < -0.39 is 0 Å². The van der Waals surface area contributed by atoms with Crippen LogP contribution in [0.1, 0.15) is 29.5 Å². The fourth-order valence-electron chi connectivity index (χ4n) is 3.28. The van der Waals surface area contributed by atoms with Crippen molar-refractivity contribution in [3.05, 3.63) is 28.2 Å². The van der Waals surface area contributed by atoms with Crippen LogP contribution in [0.3, 0.4) is 0 Å². The van der Waals surface area contributed by atoms with E-state index in [1.165, 1.54) is 9.78 Å². The Balaban J connectivity index is 1.53. The first-order valence-corrected chi connectivity index (χ1v) is 10.3. The molecule has 0 saturated carbocycles. The molecule has 0 radical (unpaired) electrons. The highest BCUT2D eigenvalue weighted by atomic mass is 32.2. The quantitative estimate of drug-likeness (QED) is 0.738. The normalized spacial score (nSPS) is 20.9. The van der Waals surface area contributed by atoms with Crippen molar-refractivity contribution < 1.29 is 9.69 Å². The summed E-state index contributed by atoms with van der Waals surface area (Å²) in [5, 5.41) is 14.6. The predicted octanol–water partition coefficient (Wildman–Crippen LogP) is 0.677. The number of nitrogens with one attached hydrogen (secondary N) is 2. The minimum atomic E-state index is 0.127. The van der Waals surface area contributed by atoms with Crippen molar-refractivity contribution in [3.8, 4) is 0 Å². The van der Waals surface area contributed by atoms with Gasteiger partial charge in [-0.25, -0.2) is 0 Å². The number of rotatable bonds is 6. The number of amides is 1. The first kappa shape index (κ1) is 17.4. The zero-order valence-corrected chi connectivity index (χ0v) is 15.8. The Bertz CT molecular complexity index is 670. The van der Waals surface area contributed by atoms with Gasteiger partial charge in [0.1, 0.15) is 5.82 Å². The molecule has 1 fully saturated rings. The lowest BCUT2D eigenvalue weighted by Crippen LogP contribution is -3.14. The van der Waals surface area contributed by atoms with E-state index in [1.54, 1.807) is 23.1 Å². The van der Waals surface area contributed by atoms with Crippen LogP contribution in [0.25, 0.3) is 0 Å². The number of carbonyl (C=O) groups is 1. The van der Waals surface area contributed by atoms with Crippen LogP contribution in [-0.4, -0.2) is 46.6 Å². The molecule has 0 aliphatic carbocycles. The van der Waals surface area contributed by atoms with E-state index in [0.29, 0.717) is 19.0 Å². The number of hydrogen-bond donors (Lipinski definition) is 2. The summed E-state index contributed by atoms with van der Waals surface area (Å²) in [5.74, 6) is 1.56. The van der Waals surface area contributed by atoms with E-state index >= 15 is 0 Å². The SMILES string of the molecule is CSc1nnc([C@H]2CCC[NH+](CC(=O)NCc3cccs3)C2)n1C. The van der Waals surface area contributed by atoms with Crippen LogP contribution in [0, 0.1) is 0 Å². The number of hydrogen-bond acceptors (Lipinski definition) is 5. The van der Waals surface area contributed by atoms with Gasteiger partial charge in [-0.2, -0.15) is 0 Å². The molecule has 130 valence electrons. The maximum absolute atomic E-state index is 12.2. The lowest BCUT2D eigenvalue weighted by Gasteiger charge is -2.28. The van der Waals surface area contributed by atoms with Gasteiger partial charge in [0.2, 0.25) is 0 Å². The molecular formula is C16H24N5OS2+. The monoisotopic (exact) mass is 366 g/mol. The topological polar surface area (TPSA) is 64.2 Å². The highest BCUT2D eigenvalue weighted by Crippen LogP contribution is 2.22. The number of piperidine rings is 1. The Morgan fingerprint density at radius 2 is 2.42 bits per heavy atom. The van der Waals surface area contributed by atoms with Crippen molar-refractivity contribution in [1.29, 1.82) is 0 Å². The summed E-state index contributed by atoms with van der Waals surface area (Å²) >= 11 is 3.29. The molecule has 24 heavy (non-hydrogen) atoms. The van der Waals surface area contributed by atoms with E-state index in [-0.39, 0.29) is 5.91 Å². The van der Waals surface area contributed by atoms with Gasteiger partial charge in [-0.15, -0.1) is 21.5 Å². The number of nitrogens with zero attached hydrogens (tertiary/aromatic N) is 3. The maximum atomic E-state index is 12.2. The molecule has 2 atom stereocenters. The summed E-state index contributed by atoms with van der Waals surface area (Å²) in [6.45, 7) is 3.17. The lowest BCUT2D eigenvalue weighted by molar-refractivity contribution is -0.898. The number of thioether (sulfide) groups is 1. The van der Waals surface area contributed by atoms with Crippen LogP contribution in [0.5, 0.6) is 0 Å². The summed E-state index contributed by atoms with van der Waals surface area (Å²) in [6.07, 6.45) is 4.27. The molecule has 2 N–H and O–H groups in total. The minimum absolute atomic E-state index is 0.127. The van der Waals surface area contributed by atoms with Gasteiger partial charge in [-0.05, 0) is 30.5 Å². The summed E-state index contributed by atoms with van der Waals surface area (Å²) in [6, 6.07) is 4.06. The summed E-state index contributed by atoms with van der Waals surface area (Å²) < 4.78 is 2.09. The van der Waals surface area contributed by atoms with Crippen LogP contribution in [0.15, 0.2) is 22.7 Å². The molecule has 0 bridgehead atoms. The third-order valence-corrected chi connectivity index (χ3v) is 6.08. The molecule has 1 unspecified atom stereocenters. The second-order valence-electron chi connectivity index (χ2n) is 6.18. The summed E-state index contributed by atoms with van der Waals surface area (Å²) in [7, 11) is 2.03. The predicted molar refractivity (Wildman–Crippen MR) is 96.5 cm³/mol. The van der Waals surface area contributed by atoms with Crippen molar-refractivity contribution in [3.63, 3.8) is 0 Å². The Labute approximate surface area is 150 Å². The zero-order valence-electron chi connectivity index (χ0n) is 14.1. The fourth-order valence-corrected chi connectivity index (χ4v) is 4.41. The van der Waals surface area contributed by atoms with Gasteiger partial charge in [-0.1, -0.05) is 17.8 Å². The molecule has 3 heterocycles. The van der Waals surface area contributed by atoms with Crippen LogP contribution in [0.4, 0.5) is 0 Å². The van der Waals surface area contributed by atoms with Gasteiger partial charge < -0.3 is 14.8 Å². The third-order valence-electron chi connectivity index (χ3n) is 4.48. The van der Waals surface area contributed by atoms with E-state index in [0.717, 1.165) is 36.9 Å². The molecule has 3 rings (SSSR count). The number of likely N-dealkylation sites (tertiary alicyclic amines) is 1. The average molecular weight is 367 g/mol. The highest BCUT2D eigenvalue weighted by Gasteiger charge is 2.29. The van der Waals surface area contributed by atoms with E-state index in [4.69, 9.17) is 0 Å². The molecule has 2 aromatic rings. The van der Waals surface area contributed by atoms with Crippen LogP contribution >= 0.6 is 23.1 Å². The standard InChI is InChI=1S/C16H23N5OS2/c1-20-15(18-19-16(20)23-2)12-5-3-7-21(10-12)11-14(22)17-9-13-6-4-8-24-13/h4,6,8,12H,3,5,7,9-11H2,1-2H3,(H,17,22)/p+1/t12-/m0/s1. The number of quaternary nitrogens is 1. The molecule has 0 spiro atoms. The maximum Gasteiger partial charge on any atom is 0.275 e. The number of thiophene rings is 1. The molecule has 1 saturated heterocycles. The van der Waals surface area contributed by atoms with Crippen LogP contribution < -0.4 is 10.2 Å². The minimum Gasteiger partial charge on any atom is -0.346 e. The Hall–Kier alpha value is -1.38. The largest absolute Gasteiger partial charge is 0.346 e. The second-order valence-corrected chi connectivity index (χ2v) is 7.99. The third kappa shape index (κ3) is 4.17. The van der Waals surface area contributed by atoms with E-state index in [9.17, 15) is 4.79 Å². The Kier molecular flexibility index (Phi) is 5.91. The molecule has 1 amide bonds. The van der Waals surface area contributed by atoms with Crippen molar-refractivity contribution in [2.45, 2.75) is 30.5 Å². The van der Waals surface area contributed by atoms with Gasteiger partial charge in [0.15, 0.2) is 11.7 Å². The van der Waals surface area contributed by atoms with Gasteiger partial charge in [-0.3, -0.25) is 4.79 Å². The molecule has 0 aromatic carbocycles. The zero-order chi connectivity index (χ0) is 16.9. The Morgan fingerprint density at radius 3 is 3.12 bits per heavy atom. The van der Waals surface area contributed by atoms with E-state index in [1.807, 2.05) is 30.8 Å². The Morgan fingerprint density at radius 1 is 1.54 bits per heavy atom.